The molecule has 0 saturated carbocycles. The number of nitrogens with one attached hydrogen (secondary N) is 1. The fourth-order valence-electron chi connectivity index (χ4n) is 2.31. The van der Waals surface area contributed by atoms with Gasteiger partial charge in [-0.1, -0.05) is 30.3 Å². The number of hydrogen-bond acceptors (Lipinski definition) is 6. The molecule has 0 atom stereocenters. The van der Waals surface area contributed by atoms with E-state index in [9.17, 15) is 5.11 Å². The molecule has 0 unspecified atom stereocenters. The average Bonchev–Trinajstić information content (AvgIpc) is 2.97. The van der Waals surface area contributed by atoms with Crippen molar-refractivity contribution in [2.24, 2.45) is 0 Å². The number of rotatable bonds is 7. The lowest BCUT2D eigenvalue weighted by molar-refractivity contribution is 0.0665. The number of imidazole rings is 1. The second-order valence-electron chi connectivity index (χ2n) is 6.27. The predicted octanol–water partition coefficient (Wildman–Crippen LogP) is 2.53. The van der Waals surface area contributed by atoms with Gasteiger partial charge in [-0.2, -0.15) is 0 Å². The fraction of sp³-hybridized carbons (Fsp3) is 0.353. The van der Waals surface area contributed by atoms with E-state index < -0.39 is 5.60 Å². The minimum Gasteiger partial charge on any atom is -0.390 e. The minimum atomic E-state index is -0.746. The van der Waals surface area contributed by atoms with E-state index in [1.807, 2.05) is 34.9 Å². The largest absolute Gasteiger partial charge is 0.390 e. The Hall–Kier alpha value is -2.51. The third-order valence-electron chi connectivity index (χ3n) is 3.62. The summed E-state index contributed by atoms with van der Waals surface area (Å²) in [4.78, 5) is 18.3. The molecule has 126 valence electrons. The van der Waals surface area contributed by atoms with Crippen LogP contribution in [0.25, 0.3) is 11.2 Å². The van der Waals surface area contributed by atoms with E-state index in [2.05, 4.69) is 20.4 Å². The van der Waals surface area contributed by atoms with Gasteiger partial charge in [0.25, 0.3) is 0 Å². The van der Waals surface area contributed by atoms with Crippen LogP contribution < -0.4 is 5.48 Å². The van der Waals surface area contributed by atoms with Crippen molar-refractivity contribution >= 4 is 17.0 Å². The van der Waals surface area contributed by atoms with Crippen molar-refractivity contribution in [3.63, 3.8) is 0 Å². The first-order chi connectivity index (χ1) is 11.5. The zero-order valence-electron chi connectivity index (χ0n) is 13.8. The maximum atomic E-state index is 9.92. The van der Waals surface area contributed by atoms with Gasteiger partial charge in [-0.15, -0.1) is 0 Å². The zero-order chi connectivity index (χ0) is 17.0. The van der Waals surface area contributed by atoms with Crippen molar-refractivity contribution in [2.75, 3.05) is 5.48 Å². The third-order valence-corrected chi connectivity index (χ3v) is 3.62. The van der Waals surface area contributed by atoms with Crippen LogP contribution in [0.2, 0.25) is 0 Å². The monoisotopic (exact) mass is 327 g/mol. The van der Waals surface area contributed by atoms with Crippen molar-refractivity contribution in [1.82, 2.24) is 19.5 Å². The molecule has 0 aliphatic carbocycles. The molecule has 7 nitrogen and oxygen atoms in total. The molecule has 24 heavy (non-hydrogen) atoms. The summed E-state index contributed by atoms with van der Waals surface area (Å²) in [7, 11) is 0. The van der Waals surface area contributed by atoms with E-state index in [4.69, 9.17) is 4.84 Å². The summed E-state index contributed by atoms with van der Waals surface area (Å²) in [5.41, 5.74) is 4.55. The molecule has 0 fully saturated rings. The molecule has 2 N–H and O–H groups in total. The molecule has 2 heterocycles. The standard InChI is InChI=1S/C17H21N5O2/c1-17(2,23)8-9-22-12-20-15-14(22)16(19-11-18-15)21-24-10-13-6-4-3-5-7-13/h3-7,11-12,23H,8-10H2,1-2H3,(H,18,19,21). The third kappa shape index (κ3) is 4.06. The molecule has 3 rings (SSSR count). The Morgan fingerprint density at radius 3 is 2.71 bits per heavy atom. The van der Waals surface area contributed by atoms with Crippen LogP contribution in [0.5, 0.6) is 0 Å². The van der Waals surface area contributed by atoms with Gasteiger partial charge in [0.2, 0.25) is 0 Å². The van der Waals surface area contributed by atoms with Crippen LogP contribution >= 0.6 is 0 Å². The molecule has 0 amide bonds. The van der Waals surface area contributed by atoms with Gasteiger partial charge in [0.05, 0.1) is 18.5 Å². The second-order valence-corrected chi connectivity index (χ2v) is 6.27. The molecule has 0 saturated heterocycles. The van der Waals surface area contributed by atoms with Gasteiger partial charge in [-0.3, -0.25) is 4.84 Å². The summed E-state index contributed by atoms with van der Waals surface area (Å²) >= 11 is 0. The first-order valence-corrected chi connectivity index (χ1v) is 7.83. The van der Waals surface area contributed by atoms with Crippen LogP contribution in [-0.2, 0) is 18.0 Å². The van der Waals surface area contributed by atoms with Crippen LogP contribution in [0.4, 0.5) is 5.82 Å². The van der Waals surface area contributed by atoms with Crippen molar-refractivity contribution < 1.29 is 9.94 Å². The first-order valence-electron chi connectivity index (χ1n) is 7.83. The summed E-state index contributed by atoms with van der Waals surface area (Å²) in [6.45, 7) is 4.60. The van der Waals surface area contributed by atoms with Gasteiger partial charge in [-0.25, -0.2) is 20.4 Å². The van der Waals surface area contributed by atoms with Crippen molar-refractivity contribution in [3.05, 3.63) is 48.5 Å². The Kier molecular flexibility index (Phi) is 4.73. The van der Waals surface area contributed by atoms with Crippen LogP contribution in [-0.4, -0.2) is 30.2 Å². The number of aliphatic hydroxyl groups is 1. The van der Waals surface area contributed by atoms with Crippen LogP contribution in [0.1, 0.15) is 25.8 Å². The van der Waals surface area contributed by atoms with Gasteiger partial charge in [-0.05, 0) is 25.8 Å². The highest BCUT2D eigenvalue weighted by Crippen LogP contribution is 2.20. The highest BCUT2D eigenvalue weighted by atomic mass is 16.6. The van der Waals surface area contributed by atoms with E-state index in [1.165, 1.54) is 6.33 Å². The quantitative estimate of drug-likeness (QED) is 0.649. The molecular weight excluding hydrogens is 306 g/mol. The molecule has 0 spiro atoms. The molecule has 2 aromatic heterocycles. The van der Waals surface area contributed by atoms with Crippen LogP contribution in [0.3, 0.4) is 0 Å². The van der Waals surface area contributed by atoms with E-state index in [0.717, 1.165) is 11.1 Å². The molecule has 0 aliphatic heterocycles. The SMILES string of the molecule is CC(C)(O)CCn1cnc2ncnc(NOCc3ccccc3)c21. The van der Waals surface area contributed by atoms with Gasteiger partial charge in [0.1, 0.15) is 11.8 Å². The zero-order valence-corrected chi connectivity index (χ0v) is 13.8. The molecule has 0 radical (unpaired) electrons. The molecule has 1 aromatic carbocycles. The fourth-order valence-corrected chi connectivity index (χ4v) is 2.31. The summed E-state index contributed by atoms with van der Waals surface area (Å²) in [5.74, 6) is 0.559. The van der Waals surface area contributed by atoms with E-state index in [1.54, 1.807) is 20.2 Å². The highest BCUT2D eigenvalue weighted by Gasteiger charge is 2.15. The lowest BCUT2D eigenvalue weighted by Gasteiger charge is -2.17. The Bertz CT molecular complexity index is 796. The van der Waals surface area contributed by atoms with E-state index in [-0.39, 0.29) is 0 Å². The number of fused-ring (bicyclic) bond motifs is 1. The number of aromatic nitrogens is 4. The van der Waals surface area contributed by atoms with Crippen molar-refractivity contribution in [3.8, 4) is 0 Å². The second kappa shape index (κ2) is 6.94. The Labute approximate surface area is 140 Å². The molecule has 3 aromatic rings. The number of aryl methyl sites for hydroxylation is 1. The molecule has 0 bridgehead atoms. The number of benzene rings is 1. The maximum absolute atomic E-state index is 9.92. The van der Waals surface area contributed by atoms with E-state index >= 15 is 0 Å². The van der Waals surface area contributed by atoms with Gasteiger partial charge < -0.3 is 9.67 Å². The summed E-state index contributed by atoms with van der Waals surface area (Å²) in [6, 6.07) is 9.88. The Balaban J connectivity index is 1.73. The summed E-state index contributed by atoms with van der Waals surface area (Å²) in [5, 5.41) is 9.92. The minimum absolute atomic E-state index is 0.421. The lowest BCUT2D eigenvalue weighted by atomic mass is 10.1. The van der Waals surface area contributed by atoms with Gasteiger partial charge in [0, 0.05) is 6.54 Å². The van der Waals surface area contributed by atoms with E-state index in [0.29, 0.717) is 31.0 Å². The normalized spacial score (nSPS) is 11.8. The average molecular weight is 327 g/mol. The predicted molar refractivity (Wildman–Crippen MR) is 91.1 cm³/mol. The lowest BCUT2D eigenvalue weighted by Crippen LogP contribution is -2.21. The van der Waals surface area contributed by atoms with Crippen molar-refractivity contribution in [2.45, 2.75) is 39.0 Å². The smallest absolute Gasteiger partial charge is 0.183 e. The number of hydrogen-bond donors (Lipinski definition) is 2. The Morgan fingerprint density at radius 1 is 1.17 bits per heavy atom. The first kappa shape index (κ1) is 16.4. The molecule has 7 heteroatoms. The molecular formula is C17H21N5O2. The van der Waals surface area contributed by atoms with Gasteiger partial charge >= 0.3 is 0 Å². The van der Waals surface area contributed by atoms with Gasteiger partial charge in [0.15, 0.2) is 11.5 Å². The summed E-state index contributed by atoms with van der Waals surface area (Å²) in [6.07, 6.45) is 3.75. The van der Waals surface area contributed by atoms with Crippen LogP contribution in [0, 0.1) is 0 Å². The summed E-state index contributed by atoms with van der Waals surface area (Å²) < 4.78 is 1.92. The molecule has 0 aliphatic rings. The highest BCUT2D eigenvalue weighted by molar-refractivity contribution is 5.82. The van der Waals surface area contributed by atoms with Crippen LogP contribution in [0.15, 0.2) is 43.0 Å². The van der Waals surface area contributed by atoms with Crippen molar-refractivity contribution in [1.29, 1.82) is 0 Å². The Morgan fingerprint density at radius 2 is 1.96 bits per heavy atom. The number of nitrogens with zero attached hydrogens (tertiary/aromatic N) is 4. The maximum Gasteiger partial charge on any atom is 0.183 e. The number of anilines is 1. The topological polar surface area (TPSA) is 85.1 Å².